The van der Waals surface area contributed by atoms with Crippen molar-refractivity contribution in [3.63, 3.8) is 0 Å². The molecule has 0 aliphatic heterocycles. The predicted octanol–water partition coefficient (Wildman–Crippen LogP) is 2.86. The van der Waals surface area contributed by atoms with Crippen LogP contribution in [0.1, 0.15) is 5.56 Å². The second-order valence-corrected chi connectivity index (χ2v) is 4.96. The van der Waals surface area contributed by atoms with Crippen LogP contribution in [0, 0.1) is 0 Å². The Morgan fingerprint density at radius 3 is 2.15 bits per heavy atom. The van der Waals surface area contributed by atoms with Crippen LogP contribution in [0.15, 0.2) is 23.1 Å². The SMILES string of the molecule is Oc1cc(C(Cl)(Cl)Cl)ccc1S.[NaH]. The van der Waals surface area contributed by atoms with Crippen molar-refractivity contribution in [1.82, 2.24) is 0 Å². The molecule has 0 aliphatic rings. The summed E-state index contributed by atoms with van der Waals surface area (Å²) < 4.78 is -1.50. The summed E-state index contributed by atoms with van der Waals surface area (Å²) >= 11 is 20.7. The van der Waals surface area contributed by atoms with Gasteiger partial charge in [-0.2, -0.15) is 0 Å². The molecule has 68 valence electrons. The van der Waals surface area contributed by atoms with Crippen LogP contribution in [-0.2, 0) is 3.79 Å². The summed E-state index contributed by atoms with van der Waals surface area (Å²) in [5, 5.41) is 9.21. The van der Waals surface area contributed by atoms with E-state index in [1.54, 1.807) is 12.1 Å². The number of benzene rings is 1. The molecule has 1 N–H and O–H groups in total. The Hall–Kier alpha value is 1.24. The Morgan fingerprint density at radius 1 is 1.23 bits per heavy atom. The van der Waals surface area contributed by atoms with Gasteiger partial charge in [0.05, 0.1) is 0 Å². The molecule has 0 bridgehead atoms. The topological polar surface area (TPSA) is 20.2 Å². The molecule has 1 aromatic rings. The van der Waals surface area contributed by atoms with Crippen LogP contribution in [0.25, 0.3) is 0 Å². The molecule has 0 unspecified atom stereocenters. The van der Waals surface area contributed by atoms with Gasteiger partial charge in [-0.15, -0.1) is 12.6 Å². The van der Waals surface area contributed by atoms with Crippen molar-refractivity contribution in [2.24, 2.45) is 0 Å². The molecular formula is C7H6Cl3NaOS. The van der Waals surface area contributed by atoms with Gasteiger partial charge in [0.2, 0.25) is 3.79 Å². The van der Waals surface area contributed by atoms with Gasteiger partial charge >= 0.3 is 29.6 Å². The first-order chi connectivity index (χ1) is 5.41. The number of thiol groups is 1. The molecule has 0 spiro atoms. The summed E-state index contributed by atoms with van der Waals surface area (Å²) in [5.41, 5.74) is 0.419. The van der Waals surface area contributed by atoms with Gasteiger partial charge in [-0.3, -0.25) is 0 Å². The minimum absolute atomic E-state index is 0. The van der Waals surface area contributed by atoms with Crippen LogP contribution in [0.3, 0.4) is 0 Å². The fraction of sp³-hybridized carbons (Fsp3) is 0.143. The number of phenols is 1. The van der Waals surface area contributed by atoms with Crippen LogP contribution in [0.2, 0.25) is 0 Å². The van der Waals surface area contributed by atoms with Crippen LogP contribution < -0.4 is 0 Å². The number of phenolic OH excluding ortho intramolecular Hbond substituents is 1. The molecule has 1 nitrogen and oxygen atoms in total. The van der Waals surface area contributed by atoms with E-state index in [1.165, 1.54) is 6.07 Å². The van der Waals surface area contributed by atoms with Crippen LogP contribution >= 0.6 is 47.4 Å². The van der Waals surface area contributed by atoms with Gasteiger partial charge in [0.1, 0.15) is 5.75 Å². The Bertz CT molecular complexity index is 300. The van der Waals surface area contributed by atoms with Crippen molar-refractivity contribution in [3.05, 3.63) is 23.8 Å². The van der Waals surface area contributed by atoms with E-state index in [0.717, 1.165) is 0 Å². The molecule has 0 fully saturated rings. The molecule has 0 aromatic heterocycles. The number of aromatic hydroxyl groups is 1. The molecule has 0 heterocycles. The van der Waals surface area contributed by atoms with Crippen molar-refractivity contribution in [1.29, 1.82) is 0 Å². The summed E-state index contributed by atoms with van der Waals surface area (Å²) in [6, 6.07) is 4.53. The first-order valence-electron chi connectivity index (χ1n) is 3.00. The van der Waals surface area contributed by atoms with E-state index in [9.17, 15) is 5.11 Å². The zero-order chi connectivity index (χ0) is 9.35. The summed E-state index contributed by atoms with van der Waals surface area (Å²) in [4.78, 5) is 0.452. The van der Waals surface area contributed by atoms with E-state index < -0.39 is 3.79 Å². The summed E-state index contributed by atoms with van der Waals surface area (Å²) in [6.45, 7) is 0. The molecule has 1 aromatic carbocycles. The minimum atomic E-state index is -1.50. The van der Waals surface area contributed by atoms with Gasteiger partial charge in [0.25, 0.3) is 0 Å². The van der Waals surface area contributed by atoms with Gasteiger partial charge < -0.3 is 5.11 Å². The van der Waals surface area contributed by atoms with Crippen molar-refractivity contribution in [2.75, 3.05) is 0 Å². The Morgan fingerprint density at radius 2 is 1.77 bits per heavy atom. The molecule has 0 atom stereocenters. The van der Waals surface area contributed by atoms with Gasteiger partial charge in [-0.1, -0.05) is 40.9 Å². The molecular weight excluding hydrogens is 261 g/mol. The van der Waals surface area contributed by atoms with E-state index in [4.69, 9.17) is 34.8 Å². The average molecular weight is 268 g/mol. The maximum atomic E-state index is 9.21. The van der Waals surface area contributed by atoms with Gasteiger partial charge in [0.15, 0.2) is 0 Å². The normalized spacial score (nSPS) is 10.8. The molecule has 0 saturated heterocycles. The van der Waals surface area contributed by atoms with Gasteiger partial charge in [0, 0.05) is 10.5 Å². The van der Waals surface area contributed by atoms with E-state index in [0.29, 0.717) is 10.5 Å². The van der Waals surface area contributed by atoms with Crippen molar-refractivity contribution < 1.29 is 5.11 Å². The number of hydrogen-bond acceptors (Lipinski definition) is 2. The first kappa shape index (κ1) is 14.2. The molecule has 6 heteroatoms. The number of alkyl halides is 3. The third-order valence-corrected chi connectivity index (χ3v) is 2.34. The molecule has 0 aliphatic carbocycles. The third kappa shape index (κ3) is 4.08. The second kappa shape index (κ2) is 5.36. The summed E-state index contributed by atoms with van der Waals surface area (Å²) in [5.74, 6) is 0.00200. The van der Waals surface area contributed by atoms with Crippen LogP contribution in [-0.4, -0.2) is 34.7 Å². The summed E-state index contributed by atoms with van der Waals surface area (Å²) in [6.07, 6.45) is 0. The van der Waals surface area contributed by atoms with E-state index in [1.807, 2.05) is 0 Å². The standard InChI is InChI=1S/C7H5Cl3OS.Na.H/c8-7(9,10)4-1-2-6(12)5(11)3-4;;/h1-3,11-12H;;. The average Bonchev–Trinajstić information content (AvgIpc) is 1.92. The van der Waals surface area contributed by atoms with E-state index in [-0.39, 0.29) is 35.3 Å². The molecule has 1 rings (SSSR count). The van der Waals surface area contributed by atoms with Crippen molar-refractivity contribution >= 4 is 77.0 Å². The molecule has 0 amide bonds. The monoisotopic (exact) mass is 266 g/mol. The first-order valence-corrected chi connectivity index (χ1v) is 4.58. The number of hydrogen-bond donors (Lipinski definition) is 2. The van der Waals surface area contributed by atoms with E-state index in [2.05, 4.69) is 12.6 Å². The predicted molar refractivity (Wildman–Crippen MR) is 61.7 cm³/mol. The Balaban J connectivity index is 0.00000144. The molecule has 0 saturated carbocycles. The number of rotatable bonds is 0. The quantitative estimate of drug-likeness (QED) is 0.421. The maximum absolute atomic E-state index is 9.21. The zero-order valence-electron chi connectivity index (χ0n) is 5.76. The zero-order valence-corrected chi connectivity index (χ0v) is 8.92. The second-order valence-electron chi connectivity index (χ2n) is 2.20. The third-order valence-electron chi connectivity index (χ3n) is 1.30. The van der Waals surface area contributed by atoms with Crippen LogP contribution in [0.4, 0.5) is 0 Å². The fourth-order valence-electron chi connectivity index (χ4n) is 0.700. The summed E-state index contributed by atoms with van der Waals surface area (Å²) in [7, 11) is 0. The van der Waals surface area contributed by atoms with Crippen molar-refractivity contribution in [3.8, 4) is 5.75 Å². The fourth-order valence-corrected chi connectivity index (χ4v) is 1.19. The Kier molecular flexibility index (Phi) is 5.87. The van der Waals surface area contributed by atoms with Crippen LogP contribution in [0.5, 0.6) is 5.75 Å². The van der Waals surface area contributed by atoms with Gasteiger partial charge in [-0.25, -0.2) is 0 Å². The molecule has 0 radical (unpaired) electrons. The van der Waals surface area contributed by atoms with Gasteiger partial charge in [-0.05, 0) is 12.1 Å². The van der Waals surface area contributed by atoms with Crippen molar-refractivity contribution in [2.45, 2.75) is 8.69 Å². The van der Waals surface area contributed by atoms with E-state index >= 15 is 0 Å². The Labute approximate surface area is 119 Å². The number of halogens is 3. The molecule has 13 heavy (non-hydrogen) atoms.